The number of hydrogen-bond donors (Lipinski definition) is 0. The number of halogens is 1. The highest BCUT2D eigenvalue weighted by Crippen LogP contribution is 2.40. The second-order valence-corrected chi connectivity index (χ2v) is 5.01. The Morgan fingerprint density at radius 1 is 1.40 bits per heavy atom. The van der Waals surface area contributed by atoms with E-state index in [1.54, 1.807) is 0 Å². The van der Waals surface area contributed by atoms with E-state index in [-0.39, 0.29) is 0 Å². The van der Waals surface area contributed by atoms with E-state index in [0.717, 1.165) is 5.25 Å². The highest BCUT2D eigenvalue weighted by Gasteiger charge is 2.29. The van der Waals surface area contributed by atoms with E-state index >= 15 is 0 Å². The Bertz CT molecular complexity index is 155. The number of allylic oxidation sites excluding steroid dienone is 1. The first-order valence-electron chi connectivity index (χ1n) is 3.82. The maximum Gasteiger partial charge on any atom is 0.0458 e. The molecule has 0 amide bonds. The van der Waals surface area contributed by atoms with Crippen molar-refractivity contribution in [3.8, 4) is 0 Å². The van der Waals surface area contributed by atoms with Gasteiger partial charge < -0.3 is 0 Å². The Labute approximate surface area is 71.0 Å². The Kier molecular flexibility index (Phi) is 1.96. The molecule has 0 aromatic carbocycles. The zero-order valence-electron chi connectivity index (χ0n) is 5.79. The molecule has 2 aliphatic heterocycles. The average Bonchev–Trinajstić information content (AvgIpc) is 1.99. The Morgan fingerprint density at radius 3 is 3.10 bits per heavy atom. The standard InChI is InChI=1S/C8H11ClS/c9-7-5-4-6-2-1-3-8(7)10-6/h1-2,6-8H,3-5H2/t6-,7+,8+/m1/s1. The third kappa shape index (κ3) is 1.22. The summed E-state index contributed by atoms with van der Waals surface area (Å²) in [5.41, 5.74) is 0. The lowest BCUT2D eigenvalue weighted by Gasteiger charge is -2.33. The number of hydrogen-bond acceptors (Lipinski definition) is 1. The fourth-order valence-corrected chi connectivity index (χ4v) is 3.46. The van der Waals surface area contributed by atoms with E-state index in [4.69, 9.17) is 11.6 Å². The second kappa shape index (κ2) is 2.78. The highest BCUT2D eigenvalue weighted by molar-refractivity contribution is 8.00. The van der Waals surface area contributed by atoms with Crippen LogP contribution in [0.3, 0.4) is 0 Å². The molecule has 0 aromatic rings. The molecule has 1 fully saturated rings. The van der Waals surface area contributed by atoms with Crippen molar-refractivity contribution in [2.45, 2.75) is 35.1 Å². The molecule has 0 nitrogen and oxygen atoms in total. The smallest absolute Gasteiger partial charge is 0.0458 e. The maximum absolute atomic E-state index is 6.13. The predicted octanol–water partition coefficient (Wildman–Crippen LogP) is 2.82. The molecule has 2 rings (SSSR count). The van der Waals surface area contributed by atoms with Crippen molar-refractivity contribution in [2.75, 3.05) is 0 Å². The van der Waals surface area contributed by atoms with Gasteiger partial charge in [-0.05, 0) is 19.3 Å². The van der Waals surface area contributed by atoms with Crippen molar-refractivity contribution < 1.29 is 0 Å². The molecule has 0 saturated carbocycles. The van der Waals surface area contributed by atoms with Crippen LogP contribution in [0.2, 0.25) is 0 Å². The molecular weight excluding hydrogens is 164 g/mol. The van der Waals surface area contributed by atoms with Crippen molar-refractivity contribution in [3.63, 3.8) is 0 Å². The van der Waals surface area contributed by atoms with Gasteiger partial charge in [-0.2, -0.15) is 0 Å². The van der Waals surface area contributed by atoms with Gasteiger partial charge in [0.25, 0.3) is 0 Å². The Morgan fingerprint density at radius 2 is 2.30 bits per heavy atom. The molecule has 56 valence electrons. The summed E-state index contributed by atoms with van der Waals surface area (Å²) in [6.07, 6.45) is 8.32. The van der Waals surface area contributed by atoms with Gasteiger partial charge in [0.05, 0.1) is 0 Å². The summed E-state index contributed by atoms with van der Waals surface area (Å²) in [7, 11) is 0. The molecule has 0 aliphatic carbocycles. The summed E-state index contributed by atoms with van der Waals surface area (Å²) in [5.74, 6) is 0. The molecular formula is C8H11ClS. The second-order valence-electron chi connectivity index (χ2n) is 2.97. The van der Waals surface area contributed by atoms with Crippen molar-refractivity contribution in [2.24, 2.45) is 0 Å². The molecule has 0 aromatic heterocycles. The van der Waals surface area contributed by atoms with Crippen molar-refractivity contribution in [3.05, 3.63) is 12.2 Å². The molecule has 1 saturated heterocycles. The molecule has 0 spiro atoms. The fourth-order valence-electron chi connectivity index (χ4n) is 1.60. The molecule has 2 bridgehead atoms. The summed E-state index contributed by atoms with van der Waals surface area (Å²) in [6.45, 7) is 0. The van der Waals surface area contributed by atoms with E-state index in [1.165, 1.54) is 19.3 Å². The summed E-state index contributed by atoms with van der Waals surface area (Å²) < 4.78 is 0. The number of alkyl halides is 1. The van der Waals surface area contributed by atoms with Crippen LogP contribution in [0.5, 0.6) is 0 Å². The van der Waals surface area contributed by atoms with Gasteiger partial charge in [-0.1, -0.05) is 12.2 Å². The minimum Gasteiger partial charge on any atom is -0.149 e. The minimum atomic E-state index is 0.436. The van der Waals surface area contributed by atoms with Crippen LogP contribution >= 0.6 is 23.4 Å². The van der Waals surface area contributed by atoms with Gasteiger partial charge in [0.1, 0.15) is 0 Å². The normalized spacial score (nSPS) is 45.5. The van der Waals surface area contributed by atoms with Crippen LogP contribution in [0.25, 0.3) is 0 Å². The molecule has 2 aliphatic rings. The van der Waals surface area contributed by atoms with E-state index in [0.29, 0.717) is 10.6 Å². The van der Waals surface area contributed by atoms with E-state index < -0.39 is 0 Å². The van der Waals surface area contributed by atoms with Crippen molar-refractivity contribution in [1.82, 2.24) is 0 Å². The SMILES string of the molecule is Cl[C@H]1CC[C@H]2C=CC[C@@H]1S2. The van der Waals surface area contributed by atoms with Gasteiger partial charge in [-0.15, -0.1) is 23.4 Å². The lowest BCUT2D eigenvalue weighted by Crippen LogP contribution is -2.28. The molecule has 2 heteroatoms. The lowest BCUT2D eigenvalue weighted by molar-refractivity contribution is 0.632. The summed E-state index contributed by atoms with van der Waals surface area (Å²) in [4.78, 5) is 0. The summed E-state index contributed by atoms with van der Waals surface area (Å²) in [6, 6.07) is 0. The van der Waals surface area contributed by atoms with Crippen LogP contribution in [0.15, 0.2) is 12.2 Å². The third-order valence-corrected chi connectivity index (χ3v) is 4.48. The number of fused-ring (bicyclic) bond motifs is 2. The van der Waals surface area contributed by atoms with Crippen LogP contribution in [0.1, 0.15) is 19.3 Å². The number of thioether (sulfide) groups is 1. The number of rotatable bonds is 0. The van der Waals surface area contributed by atoms with Gasteiger partial charge in [-0.25, -0.2) is 0 Å². The van der Waals surface area contributed by atoms with Gasteiger partial charge in [0, 0.05) is 15.9 Å². The van der Waals surface area contributed by atoms with Gasteiger partial charge >= 0.3 is 0 Å². The first-order valence-corrected chi connectivity index (χ1v) is 5.20. The highest BCUT2D eigenvalue weighted by atomic mass is 35.5. The average molecular weight is 175 g/mol. The van der Waals surface area contributed by atoms with Gasteiger partial charge in [0.15, 0.2) is 0 Å². The largest absolute Gasteiger partial charge is 0.149 e. The Hall–Kier alpha value is 0.380. The van der Waals surface area contributed by atoms with Crippen LogP contribution in [-0.4, -0.2) is 15.9 Å². The van der Waals surface area contributed by atoms with Crippen LogP contribution in [0, 0.1) is 0 Å². The lowest BCUT2D eigenvalue weighted by atomic mass is 10.0. The van der Waals surface area contributed by atoms with E-state index in [1.807, 2.05) is 0 Å². The van der Waals surface area contributed by atoms with Gasteiger partial charge in [0.2, 0.25) is 0 Å². The molecule has 0 N–H and O–H groups in total. The summed E-state index contributed by atoms with van der Waals surface area (Å²) >= 11 is 8.19. The van der Waals surface area contributed by atoms with Gasteiger partial charge in [-0.3, -0.25) is 0 Å². The molecule has 3 atom stereocenters. The fraction of sp³-hybridized carbons (Fsp3) is 0.750. The molecule has 0 unspecified atom stereocenters. The predicted molar refractivity (Wildman–Crippen MR) is 47.8 cm³/mol. The molecule has 10 heavy (non-hydrogen) atoms. The zero-order valence-corrected chi connectivity index (χ0v) is 7.37. The van der Waals surface area contributed by atoms with E-state index in [9.17, 15) is 0 Å². The minimum absolute atomic E-state index is 0.436. The monoisotopic (exact) mass is 174 g/mol. The van der Waals surface area contributed by atoms with Crippen LogP contribution in [0.4, 0.5) is 0 Å². The quantitative estimate of drug-likeness (QED) is 0.402. The van der Waals surface area contributed by atoms with Crippen LogP contribution in [-0.2, 0) is 0 Å². The van der Waals surface area contributed by atoms with E-state index in [2.05, 4.69) is 23.9 Å². The van der Waals surface area contributed by atoms with Crippen LogP contribution < -0.4 is 0 Å². The molecule has 0 radical (unpaired) electrons. The first kappa shape index (κ1) is 7.05. The first-order chi connectivity index (χ1) is 4.86. The Balaban J connectivity index is 2.11. The van der Waals surface area contributed by atoms with Crippen molar-refractivity contribution >= 4 is 23.4 Å². The third-order valence-electron chi connectivity index (χ3n) is 2.20. The summed E-state index contributed by atoms with van der Waals surface area (Å²) in [5, 5.41) is 1.94. The zero-order chi connectivity index (χ0) is 6.97. The van der Waals surface area contributed by atoms with Crippen molar-refractivity contribution in [1.29, 1.82) is 0 Å². The maximum atomic E-state index is 6.13. The molecule has 2 heterocycles. The topological polar surface area (TPSA) is 0 Å².